The topological polar surface area (TPSA) is 34.2 Å². The van der Waals surface area contributed by atoms with Gasteiger partial charge in [-0.2, -0.15) is 11.8 Å². The van der Waals surface area contributed by atoms with Crippen LogP contribution in [0.5, 0.6) is 0 Å². The van der Waals surface area contributed by atoms with E-state index in [2.05, 4.69) is 48.0 Å². The van der Waals surface area contributed by atoms with Gasteiger partial charge in [0, 0.05) is 42.9 Å². The SMILES string of the molecule is CCSC1(CN[C@H](C)c2ccncc2)CCOCC1. The van der Waals surface area contributed by atoms with Crippen molar-refractivity contribution in [1.82, 2.24) is 10.3 Å². The van der Waals surface area contributed by atoms with E-state index >= 15 is 0 Å². The lowest BCUT2D eigenvalue weighted by Gasteiger charge is -2.37. The van der Waals surface area contributed by atoms with Crippen LogP contribution in [0, 0.1) is 0 Å². The lowest BCUT2D eigenvalue weighted by molar-refractivity contribution is 0.0766. The summed E-state index contributed by atoms with van der Waals surface area (Å²) in [5.74, 6) is 1.17. The van der Waals surface area contributed by atoms with Gasteiger partial charge in [0.2, 0.25) is 0 Å². The van der Waals surface area contributed by atoms with Gasteiger partial charge in [0.25, 0.3) is 0 Å². The Hall–Kier alpha value is -0.580. The van der Waals surface area contributed by atoms with Crippen LogP contribution < -0.4 is 5.32 Å². The lowest BCUT2D eigenvalue weighted by atomic mass is 9.98. The second-order valence-electron chi connectivity index (χ2n) is 5.11. The van der Waals surface area contributed by atoms with Gasteiger partial charge in [-0.25, -0.2) is 0 Å². The van der Waals surface area contributed by atoms with Crippen molar-refractivity contribution in [2.24, 2.45) is 0 Å². The average molecular weight is 280 g/mol. The number of aromatic nitrogens is 1. The number of nitrogens with one attached hydrogen (secondary N) is 1. The number of hydrogen-bond donors (Lipinski definition) is 1. The van der Waals surface area contributed by atoms with Gasteiger partial charge in [-0.15, -0.1) is 0 Å². The van der Waals surface area contributed by atoms with E-state index in [1.54, 1.807) is 0 Å². The molecule has 1 saturated heterocycles. The Balaban J connectivity index is 1.91. The summed E-state index contributed by atoms with van der Waals surface area (Å²) in [6.07, 6.45) is 6.03. The van der Waals surface area contributed by atoms with Gasteiger partial charge < -0.3 is 10.1 Å². The smallest absolute Gasteiger partial charge is 0.0479 e. The average Bonchev–Trinajstić information content (AvgIpc) is 2.47. The molecule has 1 aromatic heterocycles. The van der Waals surface area contributed by atoms with Crippen molar-refractivity contribution in [2.75, 3.05) is 25.5 Å². The second-order valence-corrected chi connectivity index (χ2v) is 6.84. The summed E-state index contributed by atoms with van der Waals surface area (Å²) >= 11 is 2.08. The van der Waals surface area contributed by atoms with Crippen LogP contribution in [0.25, 0.3) is 0 Å². The Morgan fingerprint density at radius 1 is 1.37 bits per heavy atom. The van der Waals surface area contributed by atoms with Gasteiger partial charge in [-0.3, -0.25) is 4.98 Å². The fourth-order valence-electron chi connectivity index (χ4n) is 2.53. The van der Waals surface area contributed by atoms with Crippen LogP contribution in [-0.4, -0.2) is 35.2 Å². The van der Waals surface area contributed by atoms with Gasteiger partial charge in [-0.1, -0.05) is 6.92 Å². The zero-order valence-corrected chi connectivity index (χ0v) is 12.7. The summed E-state index contributed by atoms with van der Waals surface area (Å²) in [7, 11) is 0. The highest BCUT2D eigenvalue weighted by Gasteiger charge is 2.32. The minimum absolute atomic E-state index is 0.355. The zero-order chi connectivity index (χ0) is 13.6. The first-order valence-corrected chi connectivity index (χ1v) is 8.09. The highest BCUT2D eigenvalue weighted by Crippen LogP contribution is 2.35. The second kappa shape index (κ2) is 7.27. The van der Waals surface area contributed by atoms with Crippen LogP contribution in [0.2, 0.25) is 0 Å². The molecule has 1 N–H and O–H groups in total. The van der Waals surface area contributed by atoms with Crippen molar-refractivity contribution in [3.05, 3.63) is 30.1 Å². The minimum atomic E-state index is 0.355. The zero-order valence-electron chi connectivity index (χ0n) is 11.9. The van der Waals surface area contributed by atoms with E-state index in [0.717, 1.165) is 32.6 Å². The Morgan fingerprint density at radius 3 is 2.68 bits per heavy atom. The van der Waals surface area contributed by atoms with Gasteiger partial charge in [-0.05, 0) is 43.2 Å². The highest BCUT2D eigenvalue weighted by molar-refractivity contribution is 8.00. The monoisotopic (exact) mass is 280 g/mol. The molecule has 0 aromatic carbocycles. The van der Waals surface area contributed by atoms with Crippen molar-refractivity contribution in [3.63, 3.8) is 0 Å². The Bertz CT molecular complexity index is 360. The van der Waals surface area contributed by atoms with Crippen molar-refractivity contribution < 1.29 is 4.74 Å². The third-order valence-electron chi connectivity index (χ3n) is 3.79. The molecule has 1 aliphatic rings. The molecule has 19 heavy (non-hydrogen) atoms. The molecule has 1 fully saturated rings. The number of pyridine rings is 1. The molecule has 0 bridgehead atoms. The predicted molar refractivity (Wildman–Crippen MR) is 81.6 cm³/mol. The molecule has 0 unspecified atom stereocenters. The summed E-state index contributed by atoms with van der Waals surface area (Å²) in [5.41, 5.74) is 1.30. The number of ether oxygens (including phenoxy) is 1. The molecule has 0 aliphatic carbocycles. The van der Waals surface area contributed by atoms with E-state index in [0.29, 0.717) is 10.8 Å². The summed E-state index contributed by atoms with van der Waals surface area (Å²) in [4.78, 5) is 4.07. The first kappa shape index (κ1) is 14.8. The van der Waals surface area contributed by atoms with Gasteiger partial charge in [0.1, 0.15) is 0 Å². The van der Waals surface area contributed by atoms with Crippen LogP contribution in [0.4, 0.5) is 0 Å². The van der Waals surface area contributed by atoms with Crippen LogP contribution in [0.15, 0.2) is 24.5 Å². The molecule has 0 saturated carbocycles. The van der Waals surface area contributed by atoms with Crippen LogP contribution >= 0.6 is 11.8 Å². The standard InChI is InChI=1S/C15H24N2OS/c1-3-19-15(6-10-18-11-7-15)12-17-13(2)14-4-8-16-9-5-14/h4-5,8-9,13,17H,3,6-7,10-12H2,1-2H3/t13-/m1/s1. The largest absolute Gasteiger partial charge is 0.381 e. The number of hydrogen-bond acceptors (Lipinski definition) is 4. The molecule has 0 spiro atoms. The molecule has 1 aliphatic heterocycles. The molecule has 106 valence electrons. The molecular weight excluding hydrogens is 256 g/mol. The molecule has 4 heteroatoms. The van der Waals surface area contributed by atoms with E-state index in [-0.39, 0.29) is 0 Å². The lowest BCUT2D eigenvalue weighted by Crippen LogP contribution is -2.43. The molecular formula is C15H24N2OS. The van der Waals surface area contributed by atoms with Crippen molar-refractivity contribution >= 4 is 11.8 Å². The number of thioether (sulfide) groups is 1. The summed E-state index contributed by atoms with van der Waals surface area (Å²) in [5, 5.41) is 3.69. The van der Waals surface area contributed by atoms with Gasteiger partial charge >= 0.3 is 0 Å². The van der Waals surface area contributed by atoms with Crippen molar-refractivity contribution in [3.8, 4) is 0 Å². The molecule has 2 heterocycles. The van der Waals surface area contributed by atoms with Gasteiger partial charge in [0.05, 0.1) is 0 Å². The molecule has 2 rings (SSSR count). The maximum atomic E-state index is 5.51. The predicted octanol–water partition coefficient (Wildman–Crippen LogP) is 3.03. The maximum Gasteiger partial charge on any atom is 0.0479 e. The quantitative estimate of drug-likeness (QED) is 0.868. The third kappa shape index (κ3) is 4.20. The van der Waals surface area contributed by atoms with E-state index in [1.807, 2.05) is 12.4 Å². The first-order chi connectivity index (χ1) is 9.26. The van der Waals surface area contributed by atoms with Crippen molar-refractivity contribution in [2.45, 2.75) is 37.5 Å². The Labute approximate surface area is 120 Å². The fourth-order valence-corrected chi connectivity index (χ4v) is 3.78. The summed E-state index contributed by atoms with van der Waals surface area (Å²) < 4.78 is 5.87. The van der Waals surface area contributed by atoms with E-state index < -0.39 is 0 Å². The molecule has 1 atom stereocenters. The highest BCUT2D eigenvalue weighted by atomic mass is 32.2. The van der Waals surface area contributed by atoms with Crippen LogP contribution in [-0.2, 0) is 4.74 Å². The molecule has 1 aromatic rings. The number of rotatable bonds is 6. The van der Waals surface area contributed by atoms with E-state index in [4.69, 9.17) is 4.74 Å². The normalized spacial score (nSPS) is 20.1. The Kier molecular flexibility index (Phi) is 5.67. The van der Waals surface area contributed by atoms with Crippen molar-refractivity contribution in [1.29, 1.82) is 0 Å². The number of nitrogens with zero attached hydrogens (tertiary/aromatic N) is 1. The third-order valence-corrected chi connectivity index (χ3v) is 5.24. The molecule has 3 nitrogen and oxygen atoms in total. The fraction of sp³-hybridized carbons (Fsp3) is 0.667. The molecule has 0 radical (unpaired) electrons. The van der Waals surface area contributed by atoms with E-state index in [1.165, 1.54) is 11.3 Å². The summed E-state index contributed by atoms with van der Waals surface area (Å²) in [6.45, 7) is 7.32. The van der Waals surface area contributed by atoms with Crippen LogP contribution in [0.3, 0.4) is 0 Å². The Morgan fingerprint density at radius 2 is 2.05 bits per heavy atom. The summed E-state index contributed by atoms with van der Waals surface area (Å²) in [6, 6.07) is 4.54. The molecule has 0 amide bonds. The first-order valence-electron chi connectivity index (χ1n) is 7.11. The van der Waals surface area contributed by atoms with E-state index in [9.17, 15) is 0 Å². The maximum absolute atomic E-state index is 5.51. The van der Waals surface area contributed by atoms with Gasteiger partial charge in [0.15, 0.2) is 0 Å². The van der Waals surface area contributed by atoms with Crippen LogP contribution in [0.1, 0.15) is 38.3 Å². The minimum Gasteiger partial charge on any atom is -0.381 e.